The smallest absolute Gasteiger partial charge is 0.129 e. The van der Waals surface area contributed by atoms with E-state index in [0.29, 0.717) is 5.02 Å². The zero-order valence-electron chi connectivity index (χ0n) is 10.3. The van der Waals surface area contributed by atoms with Gasteiger partial charge in [-0.3, -0.25) is 0 Å². The molecule has 19 heavy (non-hydrogen) atoms. The molecule has 0 fully saturated rings. The average Bonchev–Trinajstić information content (AvgIpc) is 2.37. The van der Waals surface area contributed by atoms with Crippen LogP contribution in [0.15, 0.2) is 36.4 Å². The standard InChI is InChI=1S/C15H12BrClF2/c1-9-7-10(5-6-13(9)17)12(16)8-11-14(18)3-2-4-15(11)19/h2-7,12H,8H2,1H3. The molecule has 2 aromatic rings. The Labute approximate surface area is 124 Å². The van der Waals surface area contributed by atoms with Gasteiger partial charge in [0.15, 0.2) is 0 Å². The van der Waals surface area contributed by atoms with Crippen LogP contribution >= 0.6 is 27.5 Å². The second kappa shape index (κ2) is 6.02. The van der Waals surface area contributed by atoms with Crippen LogP contribution in [-0.4, -0.2) is 0 Å². The van der Waals surface area contributed by atoms with E-state index in [1.807, 2.05) is 19.1 Å². The number of hydrogen-bond acceptors (Lipinski definition) is 0. The van der Waals surface area contributed by atoms with Gasteiger partial charge in [-0.1, -0.05) is 45.7 Å². The third-order valence-corrected chi connectivity index (χ3v) is 4.27. The van der Waals surface area contributed by atoms with Crippen LogP contribution in [0.25, 0.3) is 0 Å². The molecule has 0 aromatic heterocycles. The number of aryl methyl sites for hydroxylation is 1. The molecule has 1 unspecified atom stereocenters. The topological polar surface area (TPSA) is 0 Å². The summed E-state index contributed by atoms with van der Waals surface area (Å²) in [6, 6.07) is 9.46. The van der Waals surface area contributed by atoms with Crippen molar-refractivity contribution in [2.45, 2.75) is 18.2 Å². The van der Waals surface area contributed by atoms with E-state index in [9.17, 15) is 8.78 Å². The summed E-state index contributed by atoms with van der Waals surface area (Å²) in [7, 11) is 0. The Bertz CT molecular complexity index is 578. The van der Waals surface area contributed by atoms with Crippen molar-refractivity contribution in [3.05, 3.63) is 69.7 Å². The molecule has 0 saturated carbocycles. The fourth-order valence-electron chi connectivity index (χ4n) is 1.89. The summed E-state index contributed by atoms with van der Waals surface area (Å²) in [4.78, 5) is -0.158. The van der Waals surface area contributed by atoms with Gasteiger partial charge in [0.05, 0.1) is 0 Å². The summed E-state index contributed by atoms with van der Waals surface area (Å²) in [5, 5.41) is 0.681. The van der Waals surface area contributed by atoms with Gasteiger partial charge in [0.2, 0.25) is 0 Å². The Morgan fingerprint density at radius 1 is 1.16 bits per heavy atom. The fraction of sp³-hybridized carbons (Fsp3) is 0.200. The summed E-state index contributed by atoms with van der Waals surface area (Å²) < 4.78 is 27.2. The number of benzene rings is 2. The third-order valence-electron chi connectivity index (χ3n) is 2.99. The van der Waals surface area contributed by atoms with Crippen molar-refractivity contribution >= 4 is 27.5 Å². The van der Waals surface area contributed by atoms with Crippen LogP contribution in [0.5, 0.6) is 0 Å². The molecule has 0 N–H and O–H groups in total. The lowest BCUT2D eigenvalue weighted by Crippen LogP contribution is -2.01. The van der Waals surface area contributed by atoms with Gasteiger partial charge in [-0.15, -0.1) is 0 Å². The van der Waals surface area contributed by atoms with E-state index in [-0.39, 0.29) is 16.8 Å². The van der Waals surface area contributed by atoms with Gasteiger partial charge in [0.25, 0.3) is 0 Å². The van der Waals surface area contributed by atoms with E-state index < -0.39 is 11.6 Å². The monoisotopic (exact) mass is 344 g/mol. The maximum atomic E-state index is 13.6. The lowest BCUT2D eigenvalue weighted by atomic mass is 10.0. The Hall–Kier alpha value is -0.930. The molecule has 1 atom stereocenters. The number of alkyl halides is 1. The zero-order valence-corrected chi connectivity index (χ0v) is 12.6. The highest BCUT2D eigenvalue weighted by Gasteiger charge is 2.15. The third kappa shape index (κ3) is 3.34. The molecule has 0 nitrogen and oxygen atoms in total. The van der Waals surface area contributed by atoms with Gasteiger partial charge >= 0.3 is 0 Å². The second-order valence-electron chi connectivity index (χ2n) is 4.38. The highest BCUT2D eigenvalue weighted by atomic mass is 79.9. The summed E-state index contributed by atoms with van der Waals surface area (Å²) >= 11 is 9.43. The molecule has 0 aliphatic carbocycles. The number of halogens is 4. The summed E-state index contributed by atoms with van der Waals surface area (Å²) in [5.74, 6) is -1.04. The molecular weight excluding hydrogens is 334 g/mol. The van der Waals surface area contributed by atoms with E-state index in [1.165, 1.54) is 18.2 Å². The minimum atomic E-state index is -0.518. The van der Waals surface area contributed by atoms with Crippen LogP contribution in [0.3, 0.4) is 0 Å². The largest absolute Gasteiger partial charge is 0.207 e. The Balaban J connectivity index is 2.25. The highest BCUT2D eigenvalue weighted by molar-refractivity contribution is 9.09. The van der Waals surface area contributed by atoms with Crippen LogP contribution in [0.1, 0.15) is 21.5 Å². The predicted octanol–water partition coefficient (Wildman–Crippen LogP) is 5.61. The van der Waals surface area contributed by atoms with Crippen molar-refractivity contribution in [3.8, 4) is 0 Å². The first-order valence-electron chi connectivity index (χ1n) is 5.82. The molecule has 0 heterocycles. The molecule has 0 amide bonds. The summed E-state index contributed by atoms with van der Waals surface area (Å²) in [6.07, 6.45) is 0.250. The maximum Gasteiger partial charge on any atom is 0.129 e. The molecular formula is C15H12BrClF2. The normalized spacial score (nSPS) is 12.5. The average molecular weight is 346 g/mol. The zero-order chi connectivity index (χ0) is 14.0. The van der Waals surface area contributed by atoms with Crippen LogP contribution in [0, 0.1) is 18.6 Å². The molecule has 100 valence electrons. The minimum Gasteiger partial charge on any atom is -0.207 e. The van der Waals surface area contributed by atoms with Crippen molar-refractivity contribution in [1.29, 1.82) is 0 Å². The van der Waals surface area contributed by atoms with E-state index in [1.54, 1.807) is 6.07 Å². The van der Waals surface area contributed by atoms with Gasteiger partial charge in [-0.25, -0.2) is 8.78 Å². The van der Waals surface area contributed by atoms with Crippen LogP contribution < -0.4 is 0 Å². The van der Waals surface area contributed by atoms with Crippen LogP contribution in [0.4, 0.5) is 8.78 Å². The van der Waals surface area contributed by atoms with Crippen molar-refractivity contribution in [2.75, 3.05) is 0 Å². The predicted molar refractivity (Wildman–Crippen MR) is 77.9 cm³/mol. The first-order valence-corrected chi connectivity index (χ1v) is 7.11. The molecule has 2 rings (SSSR count). The molecule has 0 saturated heterocycles. The van der Waals surface area contributed by atoms with Crippen molar-refractivity contribution in [3.63, 3.8) is 0 Å². The van der Waals surface area contributed by atoms with E-state index in [2.05, 4.69) is 15.9 Å². The Kier molecular flexibility index (Phi) is 4.58. The molecule has 0 aliphatic rings. The minimum absolute atomic E-state index is 0.0944. The van der Waals surface area contributed by atoms with Crippen LogP contribution in [-0.2, 0) is 6.42 Å². The van der Waals surface area contributed by atoms with Gasteiger partial charge < -0.3 is 0 Å². The van der Waals surface area contributed by atoms with Gasteiger partial charge in [0, 0.05) is 15.4 Å². The first kappa shape index (κ1) is 14.5. The van der Waals surface area contributed by atoms with E-state index >= 15 is 0 Å². The second-order valence-corrected chi connectivity index (χ2v) is 5.89. The fourth-order valence-corrected chi connectivity index (χ4v) is 2.61. The summed E-state index contributed by atoms with van der Waals surface area (Å²) in [6.45, 7) is 1.90. The number of hydrogen-bond donors (Lipinski definition) is 0. The van der Waals surface area contributed by atoms with E-state index in [4.69, 9.17) is 11.6 Å². The van der Waals surface area contributed by atoms with Gasteiger partial charge in [0.1, 0.15) is 11.6 Å². The summed E-state index contributed by atoms with van der Waals surface area (Å²) in [5.41, 5.74) is 1.99. The maximum absolute atomic E-state index is 13.6. The first-order chi connectivity index (χ1) is 8.99. The van der Waals surface area contributed by atoms with Gasteiger partial charge in [-0.05, 0) is 42.7 Å². The molecule has 4 heteroatoms. The Morgan fingerprint density at radius 2 is 1.79 bits per heavy atom. The van der Waals surface area contributed by atoms with Crippen molar-refractivity contribution in [1.82, 2.24) is 0 Å². The SMILES string of the molecule is Cc1cc(C(Br)Cc2c(F)cccc2F)ccc1Cl. The van der Waals surface area contributed by atoms with E-state index in [0.717, 1.165) is 11.1 Å². The Morgan fingerprint density at radius 3 is 2.37 bits per heavy atom. The molecule has 2 aromatic carbocycles. The lowest BCUT2D eigenvalue weighted by Gasteiger charge is -2.13. The number of rotatable bonds is 3. The molecule has 0 aliphatic heterocycles. The van der Waals surface area contributed by atoms with Crippen LogP contribution in [0.2, 0.25) is 5.02 Å². The quantitative estimate of drug-likeness (QED) is 0.635. The molecule has 0 spiro atoms. The lowest BCUT2D eigenvalue weighted by molar-refractivity contribution is 0.554. The molecule has 0 radical (unpaired) electrons. The van der Waals surface area contributed by atoms with Crippen molar-refractivity contribution < 1.29 is 8.78 Å². The van der Waals surface area contributed by atoms with Crippen molar-refractivity contribution in [2.24, 2.45) is 0 Å². The van der Waals surface area contributed by atoms with Gasteiger partial charge in [-0.2, -0.15) is 0 Å². The highest BCUT2D eigenvalue weighted by Crippen LogP contribution is 2.31. The molecule has 0 bridgehead atoms.